The normalized spacial score (nSPS) is 11.2. The largest absolute Gasteiger partial charge is 0.357 e. The van der Waals surface area contributed by atoms with E-state index in [1.807, 2.05) is 18.2 Å². The van der Waals surface area contributed by atoms with E-state index in [4.69, 9.17) is 0 Å². The van der Waals surface area contributed by atoms with Gasteiger partial charge in [-0.05, 0) is 48.0 Å². The van der Waals surface area contributed by atoms with E-state index >= 15 is 0 Å². The maximum absolute atomic E-state index is 12.2. The minimum absolute atomic E-state index is 0.250. The molecule has 0 saturated carbocycles. The smallest absolute Gasteiger partial charge is 0.286 e. The number of sulfonamides is 1. The standard InChI is InChI=1S/C20H18N4O4S/c25-19(22-23-20(26)18-7-4-13-21-18)16-8-10-17(11-9-16)24-29(27,28)14-12-15-5-2-1-3-6-15/h1-14,21,24H,(H,22,25)(H,23,26)/b14-12+. The second-order valence-corrected chi connectivity index (χ2v) is 7.50. The predicted molar refractivity (Wildman–Crippen MR) is 110 cm³/mol. The van der Waals surface area contributed by atoms with Crippen molar-refractivity contribution in [1.29, 1.82) is 0 Å². The number of nitrogens with one attached hydrogen (secondary N) is 4. The zero-order valence-corrected chi connectivity index (χ0v) is 15.9. The van der Waals surface area contributed by atoms with Gasteiger partial charge in [-0.3, -0.25) is 25.2 Å². The Kier molecular flexibility index (Phi) is 6.10. The number of H-pyrrole nitrogens is 1. The lowest BCUT2D eigenvalue weighted by Gasteiger charge is -2.08. The van der Waals surface area contributed by atoms with Crippen molar-refractivity contribution in [2.24, 2.45) is 0 Å². The summed E-state index contributed by atoms with van der Waals surface area (Å²) in [6.07, 6.45) is 3.07. The summed E-state index contributed by atoms with van der Waals surface area (Å²) in [6, 6.07) is 18.0. The molecule has 0 bridgehead atoms. The van der Waals surface area contributed by atoms with Crippen LogP contribution in [0.3, 0.4) is 0 Å². The summed E-state index contributed by atoms with van der Waals surface area (Å²) in [6.45, 7) is 0. The van der Waals surface area contributed by atoms with Crippen LogP contribution in [0.15, 0.2) is 78.3 Å². The molecule has 0 fully saturated rings. The molecular formula is C20H18N4O4S. The van der Waals surface area contributed by atoms with Crippen LogP contribution in [-0.4, -0.2) is 25.2 Å². The molecule has 3 aromatic rings. The molecule has 0 spiro atoms. The summed E-state index contributed by atoms with van der Waals surface area (Å²) in [5.74, 6) is -1.03. The van der Waals surface area contributed by atoms with E-state index in [2.05, 4.69) is 20.6 Å². The first-order valence-corrected chi connectivity index (χ1v) is 10.1. The minimum Gasteiger partial charge on any atom is -0.357 e. The Morgan fingerprint density at radius 2 is 1.52 bits per heavy atom. The van der Waals surface area contributed by atoms with Gasteiger partial charge in [0.05, 0.1) is 5.41 Å². The van der Waals surface area contributed by atoms with E-state index in [-0.39, 0.29) is 5.56 Å². The van der Waals surface area contributed by atoms with Gasteiger partial charge in [0.25, 0.3) is 21.8 Å². The maximum Gasteiger partial charge on any atom is 0.286 e. The predicted octanol–water partition coefficient (Wildman–Crippen LogP) is 2.50. The SMILES string of the molecule is O=C(NNC(=O)c1ccc[nH]1)c1ccc(NS(=O)(=O)/C=C/c2ccccc2)cc1. The number of aromatic nitrogens is 1. The number of rotatable bonds is 6. The fourth-order valence-corrected chi connectivity index (χ4v) is 3.21. The van der Waals surface area contributed by atoms with Gasteiger partial charge in [-0.2, -0.15) is 0 Å². The summed E-state index contributed by atoms with van der Waals surface area (Å²) in [4.78, 5) is 26.6. The van der Waals surface area contributed by atoms with Crippen LogP contribution >= 0.6 is 0 Å². The molecule has 8 nitrogen and oxygen atoms in total. The first kappa shape index (κ1) is 19.9. The maximum atomic E-state index is 12.2. The second kappa shape index (κ2) is 8.89. The lowest BCUT2D eigenvalue weighted by Crippen LogP contribution is -2.41. The minimum atomic E-state index is -3.70. The highest BCUT2D eigenvalue weighted by molar-refractivity contribution is 7.95. The van der Waals surface area contributed by atoms with Crippen LogP contribution in [0.4, 0.5) is 5.69 Å². The molecule has 0 atom stereocenters. The summed E-state index contributed by atoms with van der Waals surface area (Å²) in [5, 5.41) is 1.07. The Hall–Kier alpha value is -3.85. The first-order chi connectivity index (χ1) is 13.9. The topological polar surface area (TPSA) is 120 Å². The number of benzene rings is 2. The number of hydrogen-bond donors (Lipinski definition) is 4. The molecule has 9 heteroatoms. The number of aromatic amines is 1. The highest BCUT2D eigenvalue weighted by Gasteiger charge is 2.10. The van der Waals surface area contributed by atoms with E-state index in [9.17, 15) is 18.0 Å². The Morgan fingerprint density at radius 3 is 2.17 bits per heavy atom. The third-order valence-corrected chi connectivity index (χ3v) is 4.79. The summed E-state index contributed by atoms with van der Waals surface area (Å²) >= 11 is 0. The molecule has 1 aromatic heterocycles. The molecular weight excluding hydrogens is 392 g/mol. The summed E-state index contributed by atoms with van der Waals surface area (Å²) < 4.78 is 26.7. The quantitative estimate of drug-likeness (QED) is 0.467. The van der Waals surface area contributed by atoms with Crippen LogP contribution in [0, 0.1) is 0 Å². The molecule has 29 heavy (non-hydrogen) atoms. The molecule has 2 aromatic carbocycles. The molecule has 0 aliphatic carbocycles. The number of carbonyl (C=O) groups excluding carboxylic acids is 2. The highest BCUT2D eigenvalue weighted by atomic mass is 32.2. The average Bonchev–Trinajstić information content (AvgIpc) is 3.26. The highest BCUT2D eigenvalue weighted by Crippen LogP contribution is 2.13. The van der Waals surface area contributed by atoms with Crippen LogP contribution in [0.25, 0.3) is 6.08 Å². The Labute approximate surface area is 167 Å². The van der Waals surface area contributed by atoms with Gasteiger partial charge < -0.3 is 4.98 Å². The zero-order valence-electron chi connectivity index (χ0n) is 15.1. The van der Waals surface area contributed by atoms with Crippen LogP contribution in [0.5, 0.6) is 0 Å². The molecule has 4 N–H and O–H groups in total. The van der Waals surface area contributed by atoms with E-state index in [0.29, 0.717) is 11.4 Å². The van der Waals surface area contributed by atoms with Crippen LogP contribution in [0.2, 0.25) is 0 Å². The summed E-state index contributed by atoms with van der Waals surface area (Å²) in [5.41, 5.74) is 6.17. The lowest BCUT2D eigenvalue weighted by molar-refractivity contribution is 0.0844. The first-order valence-electron chi connectivity index (χ1n) is 8.53. The van der Waals surface area contributed by atoms with Crippen molar-refractivity contribution >= 4 is 33.6 Å². The number of hydrazine groups is 1. The molecule has 2 amide bonds. The van der Waals surface area contributed by atoms with Gasteiger partial charge in [-0.15, -0.1) is 0 Å². The molecule has 0 radical (unpaired) electrons. The van der Waals surface area contributed by atoms with Gasteiger partial charge in [0.2, 0.25) is 0 Å². The number of carbonyl (C=O) groups is 2. The monoisotopic (exact) mass is 410 g/mol. The number of amides is 2. The van der Waals surface area contributed by atoms with Gasteiger partial charge in [0, 0.05) is 17.4 Å². The summed E-state index contributed by atoms with van der Waals surface area (Å²) in [7, 11) is -3.70. The molecule has 0 aliphatic heterocycles. The Morgan fingerprint density at radius 1 is 0.828 bits per heavy atom. The van der Waals surface area contributed by atoms with E-state index in [1.54, 1.807) is 30.5 Å². The Bertz CT molecular complexity index is 1110. The van der Waals surface area contributed by atoms with E-state index in [1.165, 1.54) is 30.3 Å². The van der Waals surface area contributed by atoms with Gasteiger partial charge in [0.15, 0.2) is 0 Å². The number of hydrogen-bond acceptors (Lipinski definition) is 4. The van der Waals surface area contributed by atoms with Gasteiger partial charge >= 0.3 is 0 Å². The molecule has 148 valence electrons. The zero-order chi connectivity index (χ0) is 20.7. The fraction of sp³-hybridized carbons (Fsp3) is 0. The van der Waals surface area contributed by atoms with Gasteiger partial charge in [-0.25, -0.2) is 8.42 Å². The van der Waals surface area contributed by atoms with Crippen molar-refractivity contribution in [3.63, 3.8) is 0 Å². The fourth-order valence-electron chi connectivity index (χ4n) is 2.34. The van der Waals surface area contributed by atoms with Crippen LogP contribution < -0.4 is 15.6 Å². The molecule has 0 saturated heterocycles. The van der Waals surface area contributed by atoms with Crippen molar-refractivity contribution in [3.05, 3.63) is 95.2 Å². The van der Waals surface area contributed by atoms with Gasteiger partial charge in [-0.1, -0.05) is 30.3 Å². The third kappa shape index (κ3) is 5.81. The van der Waals surface area contributed by atoms with Crippen molar-refractivity contribution in [2.75, 3.05) is 4.72 Å². The van der Waals surface area contributed by atoms with Crippen LogP contribution in [0.1, 0.15) is 26.4 Å². The average molecular weight is 410 g/mol. The number of anilines is 1. The Balaban J connectivity index is 1.57. The van der Waals surface area contributed by atoms with Gasteiger partial charge in [0.1, 0.15) is 5.69 Å². The van der Waals surface area contributed by atoms with Crippen molar-refractivity contribution < 1.29 is 18.0 Å². The van der Waals surface area contributed by atoms with Crippen molar-refractivity contribution in [2.45, 2.75) is 0 Å². The van der Waals surface area contributed by atoms with Crippen molar-refractivity contribution in [3.8, 4) is 0 Å². The molecule has 1 heterocycles. The van der Waals surface area contributed by atoms with E-state index < -0.39 is 21.8 Å². The van der Waals surface area contributed by atoms with Crippen molar-refractivity contribution in [1.82, 2.24) is 15.8 Å². The lowest BCUT2D eigenvalue weighted by atomic mass is 10.2. The molecule has 0 aliphatic rings. The second-order valence-electron chi connectivity index (χ2n) is 5.93. The third-order valence-electron chi connectivity index (χ3n) is 3.78. The molecule has 0 unspecified atom stereocenters. The molecule has 3 rings (SSSR count). The van der Waals surface area contributed by atoms with Crippen LogP contribution in [-0.2, 0) is 10.0 Å². The van der Waals surface area contributed by atoms with E-state index in [0.717, 1.165) is 11.0 Å².